The first-order chi connectivity index (χ1) is 21.9. The molecular weight excluding hydrogens is 548 g/mol. The molecule has 1 aliphatic heterocycles. The number of carbonyl (C=O) groups is 1. The van der Waals surface area contributed by atoms with E-state index in [-0.39, 0.29) is 11.2 Å². The fourth-order valence-electron chi connectivity index (χ4n) is 7.49. The lowest BCUT2D eigenvalue weighted by Gasteiger charge is -2.38. The molecule has 0 fully saturated rings. The van der Waals surface area contributed by atoms with E-state index in [2.05, 4.69) is 99.7 Å². The Balaban J connectivity index is 1.33. The Morgan fingerprint density at radius 3 is 2.02 bits per heavy atom. The molecule has 0 N–H and O–H groups in total. The molecule has 2 nitrogen and oxygen atoms in total. The number of hydrogen-bond acceptors (Lipinski definition) is 2. The zero-order valence-corrected chi connectivity index (χ0v) is 25.8. The fraction of sp³-hybridized carbons (Fsp3) is 0.140. The Morgan fingerprint density at radius 1 is 0.689 bits per heavy atom. The van der Waals surface area contributed by atoms with Gasteiger partial charge < -0.3 is 4.74 Å². The zero-order chi connectivity index (χ0) is 30.8. The number of rotatable bonds is 5. The highest BCUT2D eigenvalue weighted by Crippen LogP contribution is 2.58. The van der Waals surface area contributed by atoms with E-state index in [1.54, 1.807) is 0 Å². The molecule has 1 unspecified atom stereocenters. The van der Waals surface area contributed by atoms with Crippen molar-refractivity contribution in [2.45, 2.75) is 38.2 Å². The molecule has 2 heteroatoms. The van der Waals surface area contributed by atoms with Crippen LogP contribution < -0.4 is 4.74 Å². The van der Waals surface area contributed by atoms with E-state index < -0.39 is 5.60 Å². The monoisotopic (exact) mass is 582 g/mol. The number of hydrogen-bond donors (Lipinski definition) is 0. The number of fused-ring (bicyclic) bond motifs is 8. The molecule has 1 heterocycles. The summed E-state index contributed by atoms with van der Waals surface area (Å²) < 4.78 is 7.38. The zero-order valence-electron chi connectivity index (χ0n) is 25.8. The lowest BCUT2D eigenvalue weighted by Crippen LogP contribution is -2.35. The van der Waals surface area contributed by atoms with Gasteiger partial charge in [-0.25, -0.2) is 0 Å². The van der Waals surface area contributed by atoms with Crippen LogP contribution in [0.2, 0.25) is 0 Å². The van der Waals surface area contributed by atoms with Crippen LogP contribution in [0.3, 0.4) is 0 Å². The van der Waals surface area contributed by atoms with Crippen LogP contribution >= 0.6 is 0 Å². The van der Waals surface area contributed by atoms with E-state index in [4.69, 9.17) is 4.74 Å². The van der Waals surface area contributed by atoms with Crippen LogP contribution in [-0.4, -0.2) is 5.78 Å². The minimum Gasteiger partial charge on any atom is -0.472 e. The SMILES string of the molecule is CCc1ccc2c(c1)C(C)(C)c1c3c(c4ccccc4c1-2)OC(c1ccccc1)(c1ccc(C(=O)c2ccccc2)cc1)C=C3. The van der Waals surface area contributed by atoms with Crippen molar-refractivity contribution >= 4 is 22.6 Å². The average molecular weight is 583 g/mol. The third kappa shape index (κ3) is 4.05. The number of carbonyl (C=O) groups excluding carboxylic acids is 1. The van der Waals surface area contributed by atoms with Gasteiger partial charge in [0.25, 0.3) is 0 Å². The van der Waals surface area contributed by atoms with E-state index in [0.29, 0.717) is 11.1 Å². The van der Waals surface area contributed by atoms with Gasteiger partial charge in [-0.1, -0.05) is 154 Å². The molecule has 0 radical (unpaired) electrons. The maximum Gasteiger partial charge on any atom is 0.193 e. The van der Waals surface area contributed by atoms with Crippen LogP contribution in [0.4, 0.5) is 0 Å². The molecule has 1 aliphatic carbocycles. The molecular formula is C43H34O2. The molecule has 0 saturated heterocycles. The van der Waals surface area contributed by atoms with Crippen molar-refractivity contribution in [3.8, 4) is 16.9 Å². The molecule has 1 atom stereocenters. The summed E-state index contributed by atoms with van der Waals surface area (Å²) in [7, 11) is 0. The second kappa shape index (κ2) is 10.2. The minimum atomic E-state index is -0.870. The van der Waals surface area contributed by atoms with E-state index in [1.165, 1.54) is 33.2 Å². The van der Waals surface area contributed by atoms with E-state index in [1.807, 2.05) is 60.7 Å². The Morgan fingerprint density at radius 2 is 1.31 bits per heavy atom. The van der Waals surface area contributed by atoms with Gasteiger partial charge in [0.15, 0.2) is 11.4 Å². The van der Waals surface area contributed by atoms with Crippen LogP contribution in [-0.2, 0) is 17.4 Å². The summed E-state index contributed by atoms with van der Waals surface area (Å²) in [4.78, 5) is 13.3. The molecule has 6 aromatic carbocycles. The maximum atomic E-state index is 13.3. The second-order valence-corrected chi connectivity index (χ2v) is 12.7. The van der Waals surface area contributed by atoms with Gasteiger partial charge in [0.05, 0.1) is 0 Å². The van der Waals surface area contributed by atoms with Gasteiger partial charge in [0.2, 0.25) is 0 Å². The Labute approximate surface area is 264 Å². The quantitative estimate of drug-likeness (QED) is 0.189. The summed E-state index contributed by atoms with van der Waals surface area (Å²) >= 11 is 0. The van der Waals surface area contributed by atoms with E-state index in [9.17, 15) is 4.79 Å². The van der Waals surface area contributed by atoms with Gasteiger partial charge in [-0.3, -0.25) is 4.79 Å². The average Bonchev–Trinajstić information content (AvgIpc) is 3.34. The molecule has 0 spiro atoms. The van der Waals surface area contributed by atoms with Crippen LogP contribution in [0.15, 0.2) is 133 Å². The van der Waals surface area contributed by atoms with Gasteiger partial charge in [0, 0.05) is 38.6 Å². The van der Waals surface area contributed by atoms with Gasteiger partial charge in [-0.2, -0.15) is 0 Å². The molecule has 0 saturated carbocycles. The van der Waals surface area contributed by atoms with Crippen LogP contribution in [0.5, 0.6) is 5.75 Å². The molecule has 45 heavy (non-hydrogen) atoms. The fourth-order valence-corrected chi connectivity index (χ4v) is 7.49. The summed E-state index contributed by atoms with van der Waals surface area (Å²) in [5.74, 6) is 0.910. The Kier molecular flexibility index (Phi) is 6.18. The summed E-state index contributed by atoms with van der Waals surface area (Å²) in [6.45, 7) is 6.92. The Bertz CT molecular complexity index is 2140. The van der Waals surface area contributed by atoms with Crippen molar-refractivity contribution in [3.05, 3.63) is 178 Å². The topological polar surface area (TPSA) is 26.3 Å². The van der Waals surface area contributed by atoms with Crippen molar-refractivity contribution in [1.82, 2.24) is 0 Å². The van der Waals surface area contributed by atoms with Gasteiger partial charge >= 0.3 is 0 Å². The normalized spacial score (nSPS) is 17.3. The van der Waals surface area contributed by atoms with Gasteiger partial charge in [0.1, 0.15) is 5.75 Å². The van der Waals surface area contributed by atoms with E-state index in [0.717, 1.165) is 34.2 Å². The summed E-state index contributed by atoms with van der Waals surface area (Å²) in [5.41, 5.74) is 10.1. The highest BCUT2D eigenvalue weighted by Gasteiger charge is 2.44. The highest BCUT2D eigenvalue weighted by atomic mass is 16.5. The number of ketones is 1. The molecule has 6 aromatic rings. The van der Waals surface area contributed by atoms with Crippen molar-refractivity contribution < 1.29 is 9.53 Å². The van der Waals surface area contributed by atoms with Gasteiger partial charge in [-0.15, -0.1) is 0 Å². The molecule has 218 valence electrons. The molecule has 2 aliphatic rings. The molecule has 0 bridgehead atoms. The second-order valence-electron chi connectivity index (χ2n) is 12.7. The summed E-state index contributed by atoms with van der Waals surface area (Å²) in [6.07, 6.45) is 5.51. The predicted octanol–water partition coefficient (Wildman–Crippen LogP) is 10.3. The van der Waals surface area contributed by atoms with Crippen LogP contribution in [0, 0.1) is 0 Å². The lowest BCUT2D eigenvalue weighted by atomic mass is 9.76. The highest BCUT2D eigenvalue weighted by molar-refractivity contribution is 6.09. The minimum absolute atomic E-state index is 0.0101. The van der Waals surface area contributed by atoms with Crippen molar-refractivity contribution in [2.24, 2.45) is 0 Å². The van der Waals surface area contributed by atoms with Crippen LogP contribution in [0.25, 0.3) is 28.0 Å². The summed E-state index contributed by atoms with van der Waals surface area (Å²) in [6, 6.07) is 43.4. The number of aryl methyl sites for hydroxylation is 1. The van der Waals surface area contributed by atoms with Crippen molar-refractivity contribution in [2.75, 3.05) is 0 Å². The first-order valence-corrected chi connectivity index (χ1v) is 15.8. The third-order valence-corrected chi connectivity index (χ3v) is 9.83. The molecule has 0 amide bonds. The lowest BCUT2D eigenvalue weighted by molar-refractivity contribution is 0.103. The summed E-state index contributed by atoms with van der Waals surface area (Å²) in [5, 5.41) is 2.32. The maximum absolute atomic E-state index is 13.3. The standard InChI is InChI=1S/C43H34O2/c1-4-28-19-24-35-37(27-28)42(2,3)39-36-25-26-43(31-15-9-6-10-16-31,45-41(36)34-18-12-11-17-33(34)38(35)39)32-22-20-30(21-23-32)40(44)29-13-7-5-8-14-29/h5-27H,4H2,1-3H3. The largest absolute Gasteiger partial charge is 0.472 e. The Hall–Kier alpha value is -5.21. The van der Waals surface area contributed by atoms with Crippen LogP contribution in [0.1, 0.15) is 70.1 Å². The van der Waals surface area contributed by atoms with E-state index >= 15 is 0 Å². The number of ether oxygens (including phenoxy) is 1. The third-order valence-electron chi connectivity index (χ3n) is 9.83. The first kappa shape index (κ1) is 27.3. The van der Waals surface area contributed by atoms with Crippen molar-refractivity contribution in [3.63, 3.8) is 0 Å². The van der Waals surface area contributed by atoms with Gasteiger partial charge in [-0.05, 0) is 45.7 Å². The number of benzene rings is 6. The predicted molar refractivity (Wildman–Crippen MR) is 184 cm³/mol. The smallest absolute Gasteiger partial charge is 0.193 e. The molecule has 8 rings (SSSR count). The molecule has 0 aromatic heterocycles. The van der Waals surface area contributed by atoms with Crippen molar-refractivity contribution in [1.29, 1.82) is 0 Å². The first-order valence-electron chi connectivity index (χ1n) is 15.8.